The highest BCUT2D eigenvalue weighted by Gasteiger charge is 2.27. The van der Waals surface area contributed by atoms with Crippen LogP contribution in [-0.2, 0) is 14.8 Å². The Balaban J connectivity index is 2.08. The smallest absolute Gasteiger partial charge is 0.358 e. The molecule has 0 amide bonds. The van der Waals surface area contributed by atoms with Gasteiger partial charge in [0.1, 0.15) is 0 Å². The van der Waals surface area contributed by atoms with E-state index in [2.05, 4.69) is 26.6 Å². The van der Waals surface area contributed by atoms with Crippen molar-refractivity contribution in [1.29, 1.82) is 0 Å². The van der Waals surface area contributed by atoms with Crippen molar-refractivity contribution in [3.8, 4) is 0 Å². The van der Waals surface area contributed by atoms with E-state index in [9.17, 15) is 13.2 Å². The summed E-state index contributed by atoms with van der Waals surface area (Å²) in [6, 6.07) is 0. The molecule has 0 saturated heterocycles. The molecular formula is C12H16N2O4S2. The Hall–Kier alpha value is -1.25. The first-order valence-electron chi connectivity index (χ1n) is 6.21. The second-order valence-corrected chi connectivity index (χ2v) is 7.30. The lowest BCUT2D eigenvalue weighted by molar-refractivity contribution is 0.0590. The third-order valence-electron chi connectivity index (χ3n) is 3.10. The molecule has 1 unspecified atom stereocenters. The molecule has 6 nitrogen and oxygen atoms in total. The van der Waals surface area contributed by atoms with Crippen LogP contribution < -0.4 is 4.72 Å². The van der Waals surface area contributed by atoms with Crippen LogP contribution >= 0.6 is 11.3 Å². The van der Waals surface area contributed by atoms with Crippen molar-refractivity contribution in [2.75, 3.05) is 13.7 Å². The van der Waals surface area contributed by atoms with Gasteiger partial charge < -0.3 is 4.74 Å². The molecule has 110 valence electrons. The molecule has 0 radical (unpaired) electrons. The molecule has 0 bridgehead atoms. The zero-order valence-electron chi connectivity index (χ0n) is 11.0. The van der Waals surface area contributed by atoms with Crippen molar-refractivity contribution < 1.29 is 17.9 Å². The number of thiazole rings is 1. The number of allylic oxidation sites excluding steroid dienone is 2. The summed E-state index contributed by atoms with van der Waals surface area (Å²) in [7, 11) is -2.53. The van der Waals surface area contributed by atoms with Crippen LogP contribution in [0.3, 0.4) is 0 Å². The van der Waals surface area contributed by atoms with Crippen LogP contribution in [-0.4, -0.2) is 33.0 Å². The number of nitrogens with one attached hydrogen (secondary N) is 1. The third-order valence-corrected chi connectivity index (χ3v) is 5.89. The molecule has 8 heteroatoms. The van der Waals surface area contributed by atoms with Crippen LogP contribution in [0.2, 0.25) is 0 Å². The van der Waals surface area contributed by atoms with Crippen LogP contribution in [0.5, 0.6) is 0 Å². The molecule has 0 spiro atoms. The molecule has 1 aliphatic rings. The van der Waals surface area contributed by atoms with Gasteiger partial charge in [-0.3, -0.25) is 0 Å². The lowest BCUT2D eigenvalue weighted by Gasteiger charge is -2.17. The minimum atomic E-state index is -3.72. The number of nitrogens with zero attached hydrogens (tertiary/aromatic N) is 1. The normalized spacial score (nSPS) is 18.9. The summed E-state index contributed by atoms with van der Waals surface area (Å²) in [4.78, 5) is 15.2. The number of carbonyl (C=O) groups excluding carboxylic acids is 1. The van der Waals surface area contributed by atoms with Gasteiger partial charge in [0.2, 0.25) is 0 Å². The second-order valence-electron chi connectivity index (χ2n) is 4.48. The van der Waals surface area contributed by atoms with Gasteiger partial charge in [0.15, 0.2) is 9.90 Å². The highest BCUT2D eigenvalue weighted by Crippen LogP contribution is 2.22. The predicted octanol–water partition coefficient (Wildman–Crippen LogP) is 1.56. The molecule has 1 aromatic rings. The van der Waals surface area contributed by atoms with Crippen molar-refractivity contribution in [2.24, 2.45) is 5.92 Å². The molecule has 1 atom stereocenters. The van der Waals surface area contributed by atoms with E-state index in [0.717, 1.165) is 30.6 Å². The molecule has 20 heavy (non-hydrogen) atoms. The molecule has 1 aliphatic carbocycles. The van der Waals surface area contributed by atoms with Crippen LogP contribution in [0, 0.1) is 5.92 Å². The van der Waals surface area contributed by atoms with Crippen molar-refractivity contribution in [1.82, 2.24) is 9.71 Å². The summed E-state index contributed by atoms with van der Waals surface area (Å²) in [5, 5.41) is 0. The number of sulfonamides is 1. The topological polar surface area (TPSA) is 85.4 Å². The maximum absolute atomic E-state index is 12.2. The average Bonchev–Trinajstić information content (AvgIpc) is 2.96. The third kappa shape index (κ3) is 3.44. The van der Waals surface area contributed by atoms with Gasteiger partial charge in [-0.2, -0.15) is 0 Å². The predicted molar refractivity (Wildman–Crippen MR) is 75.1 cm³/mol. The van der Waals surface area contributed by atoms with Crippen molar-refractivity contribution in [3.63, 3.8) is 0 Å². The van der Waals surface area contributed by atoms with E-state index in [1.807, 2.05) is 0 Å². The SMILES string of the molecule is COC(=O)c1ncsc1S(=O)(=O)NCC1CC=CCC1. The van der Waals surface area contributed by atoms with Crippen LogP contribution in [0.15, 0.2) is 21.9 Å². The Morgan fingerprint density at radius 2 is 2.35 bits per heavy atom. The summed E-state index contributed by atoms with van der Waals surface area (Å²) < 4.78 is 31.4. The van der Waals surface area contributed by atoms with Crippen molar-refractivity contribution in [2.45, 2.75) is 23.5 Å². The average molecular weight is 316 g/mol. The largest absolute Gasteiger partial charge is 0.464 e. The number of hydrogen-bond donors (Lipinski definition) is 1. The first-order valence-corrected chi connectivity index (χ1v) is 8.57. The van der Waals surface area contributed by atoms with E-state index in [4.69, 9.17) is 0 Å². The van der Waals surface area contributed by atoms with Gasteiger partial charge in [-0.25, -0.2) is 22.9 Å². The summed E-state index contributed by atoms with van der Waals surface area (Å²) in [6.45, 7) is 0.366. The molecule has 0 aliphatic heterocycles. The van der Waals surface area contributed by atoms with Gasteiger partial charge in [0.05, 0.1) is 12.6 Å². The fourth-order valence-electron chi connectivity index (χ4n) is 1.99. The summed E-state index contributed by atoms with van der Waals surface area (Å²) in [6.07, 6.45) is 6.97. The fraction of sp³-hybridized carbons (Fsp3) is 0.500. The summed E-state index contributed by atoms with van der Waals surface area (Å²) >= 11 is 0.910. The molecule has 1 N–H and O–H groups in total. The van der Waals surface area contributed by atoms with Gasteiger partial charge in [0.25, 0.3) is 10.0 Å². The maximum Gasteiger partial charge on any atom is 0.358 e. The minimum absolute atomic E-state index is 0.0873. The Bertz CT molecular complexity index is 607. The van der Waals surface area contributed by atoms with Crippen LogP contribution in [0.4, 0.5) is 0 Å². The van der Waals surface area contributed by atoms with E-state index in [0.29, 0.717) is 12.5 Å². The summed E-state index contributed by atoms with van der Waals surface area (Å²) in [5.74, 6) is -0.448. The van der Waals surface area contributed by atoms with Crippen LogP contribution in [0.1, 0.15) is 29.8 Å². The number of rotatable bonds is 5. The maximum atomic E-state index is 12.2. The van der Waals surface area contributed by atoms with Gasteiger partial charge in [-0.1, -0.05) is 12.2 Å². The fourth-order valence-corrected chi connectivity index (χ4v) is 4.28. The molecule has 0 saturated carbocycles. The minimum Gasteiger partial charge on any atom is -0.464 e. The first-order chi connectivity index (χ1) is 9.54. The van der Waals surface area contributed by atoms with Gasteiger partial charge in [-0.05, 0) is 25.2 Å². The zero-order valence-corrected chi connectivity index (χ0v) is 12.7. The number of ether oxygens (including phenoxy) is 1. The van der Waals surface area contributed by atoms with E-state index >= 15 is 0 Å². The molecule has 0 fully saturated rings. The van der Waals surface area contributed by atoms with E-state index in [1.165, 1.54) is 12.6 Å². The van der Waals surface area contributed by atoms with Crippen LogP contribution in [0.25, 0.3) is 0 Å². The Labute approximate surface area is 121 Å². The van der Waals surface area contributed by atoms with Crippen molar-refractivity contribution >= 4 is 27.3 Å². The van der Waals surface area contributed by atoms with E-state index < -0.39 is 16.0 Å². The van der Waals surface area contributed by atoms with E-state index in [1.54, 1.807) is 0 Å². The standard InChI is InChI=1S/C12H16N2O4S2/c1-18-11(15)10-12(19-8-13-10)20(16,17)14-7-9-5-3-2-4-6-9/h2-3,8-9,14H,4-7H2,1H3. The second kappa shape index (κ2) is 6.47. The molecule has 1 heterocycles. The van der Waals surface area contributed by atoms with Gasteiger partial charge in [0, 0.05) is 6.54 Å². The highest BCUT2D eigenvalue weighted by atomic mass is 32.2. The Morgan fingerprint density at radius 3 is 3.00 bits per heavy atom. The van der Waals surface area contributed by atoms with Gasteiger partial charge >= 0.3 is 5.97 Å². The lowest BCUT2D eigenvalue weighted by atomic mass is 9.95. The first kappa shape index (κ1) is 15.1. The van der Waals surface area contributed by atoms with Crippen molar-refractivity contribution in [3.05, 3.63) is 23.4 Å². The summed E-state index contributed by atoms with van der Waals surface area (Å²) in [5.41, 5.74) is 1.16. The quantitative estimate of drug-likeness (QED) is 0.658. The highest BCUT2D eigenvalue weighted by molar-refractivity contribution is 7.91. The number of carbonyl (C=O) groups is 1. The molecular weight excluding hydrogens is 300 g/mol. The Morgan fingerprint density at radius 1 is 1.55 bits per heavy atom. The zero-order chi connectivity index (χ0) is 14.6. The Kier molecular flexibility index (Phi) is 4.90. The number of aromatic nitrogens is 1. The molecule has 1 aromatic heterocycles. The number of hydrogen-bond acceptors (Lipinski definition) is 6. The molecule has 0 aromatic carbocycles. The number of methoxy groups -OCH3 is 1. The monoisotopic (exact) mass is 316 g/mol. The molecule has 2 rings (SSSR count). The van der Waals surface area contributed by atoms with E-state index in [-0.39, 0.29) is 9.90 Å². The van der Waals surface area contributed by atoms with Gasteiger partial charge in [-0.15, -0.1) is 11.3 Å². The lowest BCUT2D eigenvalue weighted by Crippen LogP contribution is -2.30. The number of esters is 1.